The smallest absolute Gasteiger partial charge is 0.255 e. The number of amides is 2. The SMILES string of the molecule is CCCNC(=O)c1ccc(C(=O)Nc2ccccc2F)cc1. The summed E-state index contributed by atoms with van der Waals surface area (Å²) in [5.74, 6) is -1.10. The summed E-state index contributed by atoms with van der Waals surface area (Å²) in [4.78, 5) is 23.8. The van der Waals surface area contributed by atoms with Gasteiger partial charge in [-0.2, -0.15) is 0 Å². The predicted octanol–water partition coefficient (Wildman–Crippen LogP) is 3.22. The van der Waals surface area contributed by atoms with Gasteiger partial charge >= 0.3 is 0 Å². The van der Waals surface area contributed by atoms with Gasteiger partial charge in [0, 0.05) is 17.7 Å². The van der Waals surface area contributed by atoms with E-state index in [1.807, 2.05) is 6.92 Å². The van der Waals surface area contributed by atoms with E-state index < -0.39 is 11.7 Å². The molecule has 2 rings (SSSR count). The van der Waals surface area contributed by atoms with E-state index >= 15 is 0 Å². The van der Waals surface area contributed by atoms with E-state index in [9.17, 15) is 14.0 Å². The number of nitrogens with one attached hydrogen (secondary N) is 2. The standard InChI is InChI=1S/C17H17FN2O2/c1-2-11-19-16(21)12-7-9-13(10-8-12)17(22)20-15-6-4-3-5-14(15)18/h3-10H,2,11H2,1H3,(H,19,21)(H,20,22). The fourth-order valence-corrected chi connectivity index (χ4v) is 1.87. The largest absolute Gasteiger partial charge is 0.352 e. The van der Waals surface area contributed by atoms with Crippen LogP contribution in [0.15, 0.2) is 48.5 Å². The van der Waals surface area contributed by atoms with Gasteiger partial charge in [0.2, 0.25) is 0 Å². The Morgan fingerprint density at radius 1 is 0.955 bits per heavy atom. The molecule has 0 saturated carbocycles. The Balaban J connectivity index is 2.05. The van der Waals surface area contributed by atoms with Crippen molar-refractivity contribution in [1.29, 1.82) is 0 Å². The molecule has 0 aromatic heterocycles. The lowest BCUT2D eigenvalue weighted by Crippen LogP contribution is -2.24. The first kappa shape index (κ1) is 15.7. The Labute approximate surface area is 128 Å². The minimum absolute atomic E-state index is 0.122. The average Bonchev–Trinajstić information content (AvgIpc) is 2.55. The summed E-state index contributed by atoms with van der Waals surface area (Å²) in [6.45, 7) is 2.57. The number of hydrogen-bond donors (Lipinski definition) is 2. The quantitative estimate of drug-likeness (QED) is 0.890. The zero-order valence-electron chi connectivity index (χ0n) is 12.2. The topological polar surface area (TPSA) is 58.2 Å². The minimum Gasteiger partial charge on any atom is -0.352 e. The lowest BCUT2D eigenvalue weighted by Gasteiger charge is -2.07. The van der Waals surface area contributed by atoms with Crippen LogP contribution in [0.1, 0.15) is 34.1 Å². The van der Waals surface area contributed by atoms with Gasteiger partial charge in [-0.1, -0.05) is 19.1 Å². The van der Waals surface area contributed by atoms with Crippen LogP contribution in [0.5, 0.6) is 0 Å². The fourth-order valence-electron chi connectivity index (χ4n) is 1.87. The monoisotopic (exact) mass is 300 g/mol. The van der Waals surface area contributed by atoms with Gasteiger partial charge in [0.15, 0.2) is 0 Å². The van der Waals surface area contributed by atoms with Gasteiger partial charge in [0.05, 0.1) is 5.69 Å². The first-order chi connectivity index (χ1) is 10.6. The van der Waals surface area contributed by atoms with Crippen LogP contribution in [-0.4, -0.2) is 18.4 Å². The van der Waals surface area contributed by atoms with Crippen LogP contribution in [0.25, 0.3) is 0 Å². The lowest BCUT2D eigenvalue weighted by atomic mass is 10.1. The van der Waals surface area contributed by atoms with Gasteiger partial charge in [-0.05, 0) is 42.8 Å². The van der Waals surface area contributed by atoms with Gasteiger partial charge in [0.1, 0.15) is 5.82 Å². The fraction of sp³-hybridized carbons (Fsp3) is 0.176. The molecule has 2 amide bonds. The van der Waals surface area contributed by atoms with Crippen molar-refractivity contribution in [2.75, 3.05) is 11.9 Å². The summed E-state index contributed by atoms with van der Waals surface area (Å²) in [6.07, 6.45) is 0.856. The van der Waals surface area contributed by atoms with Gasteiger partial charge in [-0.25, -0.2) is 4.39 Å². The number of rotatable bonds is 5. The van der Waals surface area contributed by atoms with E-state index in [0.29, 0.717) is 17.7 Å². The van der Waals surface area contributed by atoms with Gasteiger partial charge in [-0.15, -0.1) is 0 Å². The molecule has 0 radical (unpaired) electrons. The summed E-state index contributed by atoms with van der Waals surface area (Å²) in [7, 11) is 0. The van der Waals surface area contributed by atoms with Crippen LogP contribution in [0.2, 0.25) is 0 Å². The molecule has 0 spiro atoms. The summed E-state index contributed by atoms with van der Waals surface area (Å²) in [5, 5.41) is 5.25. The van der Waals surface area contributed by atoms with E-state index in [1.165, 1.54) is 24.3 Å². The summed E-state index contributed by atoms with van der Waals surface area (Å²) in [5.41, 5.74) is 0.962. The number of hydrogen-bond acceptors (Lipinski definition) is 2. The van der Waals surface area contributed by atoms with Gasteiger partial charge < -0.3 is 10.6 Å². The highest BCUT2D eigenvalue weighted by Crippen LogP contribution is 2.14. The molecule has 2 N–H and O–H groups in total. The van der Waals surface area contributed by atoms with Crippen molar-refractivity contribution in [3.63, 3.8) is 0 Å². The maximum atomic E-state index is 13.5. The van der Waals surface area contributed by atoms with Crippen molar-refractivity contribution in [3.8, 4) is 0 Å². The van der Waals surface area contributed by atoms with Crippen LogP contribution < -0.4 is 10.6 Å². The highest BCUT2D eigenvalue weighted by molar-refractivity contribution is 6.05. The first-order valence-electron chi connectivity index (χ1n) is 7.06. The molecule has 0 atom stereocenters. The summed E-state index contributed by atoms with van der Waals surface area (Å²) < 4.78 is 13.5. The summed E-state index contributed by atoms with van der Waals surface area (Å²) >= 11 is 0. The zero-order valence-corrected chi connectivity index (χ0v) is 12.2. The highest BCUT2D eigenvalue weighted by atomic mass is 19.1. The molecule has 0 unspecified atom stereocenters. The number of carbonyl (C=O) groups excluding carboxylic acids is 2. The molecule has 0 aliphatic heterocycles. The molecule has 0 aliphatic rings. The molecule has 0 saturated heterocycles. The van der Waals surface area contributed by atoms with Crippen molar-refractivity contribution in [2.45, 2.75) is 13.3 Å². The van der Waals surface area contributed by atoms with E-state index in [4.69, 9.17) is 0 Å². The molecule has 2 aromatic carbocycles. The number of anilines is 1. The molecule has 22 heavy (non-hydrogen) atoms. The lowest BCUT2D eigenvalue weighted by molar-refractivity contribution is 0.0951. The second kappa shape index (κ2) is 7.36. The molecule has 0 fully saturated rings. The highest BCUT2D eigenvalue weighted by Gasteiger charge is 2.10. The van der Waals surface area contributed by atoms with Crippen molar-refractivity contribution in [3.05, 3.63) is 65.5 Å². The molecule has 0 heterocycles. The third-order valence-corrected chi connectivity index (χ3v) is 3.07. The van der Waals surface area contributed by atoms with E-state index in [-0.39, 0.29) is 11.6 Å². The van der Waals surface area contributed by atoms with Crippen molar-refractivity contribution in [1.82, 2.24) is 5.32 Å². The molecule has 4 nitrogen and oxygen atoms in total. The third kappa shape index (κ3) is 3.91. The van der Waals surface area contributed by atoms with E-state index in [0.717, 1.165) is 6.42 Å². The van der Waals surface area contributed by atoms with Crippen molar-refractivity contribution < 1.29 is 14.0 Å². The number of benzene rings is 2. The van der Waals surface area contributed by atoms with Gasteiger partial charge in [0.25, 0.3) is 11.8 Å². The van der Waals surface area contributed by atoms with Crippen LogP contribution in [0.4, 0.5) is 10.1 Å². The number of para-hydroxylation sites is 1. The second-order valence-electron chi connectivity index (χ2n) is 4.77. The zero-order chi connectivity index (χ0) is 15.9. The van der Waals surface area contributed by atoms with Crippen molar-refractivity contribution in [2.24, 2.45) is 0 Å². The molecule has 0 bridgehead atoms. The molecule has 114 valence electrons. The Hall–Kier alpha value is -2.69. The molecule has 5 heteroatoms. The molecular formula is C17H17FN2O2. The number of carbonyl (C=O) groups is 2. The van der Waals surface area contributed by atoms with E-state index in [1.54, 1.807) is 24.3 Å². The normalized spacial score (nSPS) is 10.1. The average molecular weight is 300 g/mol. The van der Waals surface area contributed by atoms with Crippen LogP contribution in [0, 0.1) is 5.82 Å². The van der Waals surface area contributed by atoms with Crippen LogP contribution >= 0.6 is 0 Å². The maximum Gasteiger partial charge on any atom is 0.255 e. The Kier molecular flexibility index (Phi) is 5.25. The van der Waals surface area contributed by atoms with Crippen molar-refractivity contribution >= 4 is 17.5 Å². The number of halogens is 1. The minimum atomic E-state index is -0.494. The third-order valence-electron chi connectivity index (χ3n) is 3.07. The second-order valence-corrected chi connectivity index (χ2v) is 4.77. The molecular weight excluding hydrogens is 283 g/mol. The van der Waals surface area contributed by atoms with Crippen LogP contribution in [0.3, 0.4) is 0 Å². The van der Waals surface area contributed by atoms with Crippen LogP contribution in [-0.2, 0) is 0 Å². The molecule has 2 aromatic rings. The Morgan fingerprint density at radius 3 is 2.14 bits per heavy atom. The first-order valence-corrected chi connectivity index (χ1v) is 7.06. The maximum absolute atomic E-state index is 13.5. The van der Waals surface area contributed by atoms with Gasteiger partial charge in [-0.3, -0.25) is 9.59 Å². The van der Waals surface area contributed by atoms with E-state index in [2.05, 4.69) is 10.6 Å². The Morgan fingerprint density at radius 2 is 1.55 bits per heavy atom. The summed E-state index contributed by atoms with van der Waals surface area (Å²) in [6, 6.07) is 12.2. The Bertz CT molecular complexity index is 669. The molecule has 0 aliphatic carbocycles. The predicted molar refractivity (Wildman–Crippen MR) is 83.4 cm³/mol.